The van der Waals surface area contributed by atoms with Gasteiger partial charge < -0.3 is 11.1 Å². The van der Waals surface area contributed by atoms with Crippen molar-refractivity contribution in [2.75, 3.05) is 6.54 Å². The van der Waals surface area contributed by atoms with E-state index in [1.54, 1.807) is 11.3 Å². The molecule has 4 heteroatoms. The fourth-order valence-electron chi connectivity index (χ4n) is 1.97. The summed E-state index contributed by atoms with van der Waals surface area (Å²) in [6.45, 7) is 5.61. The largest absolute Gasteiger partial charge is 0.352 e. The van der Waals surface area contributed by atoms with Gasteiger partial charge in [0.2, 0.25) is 5.91 Å². The van der Waals surface area contributed by atoms with Crippen LogP contribution in [0.15, 0.2) is 10.8 Å². The molecule has 1 unspecified atom stereocenters. The highest BCUT2D eigenvalue weighted by Gasteiger charge is 2.09. The Morgan fingerprint density at radius 1 is 1.44 bits per heavy atom. The molecule has 0 saturated heterocycles. The molecule has 1 aromatic rings. The van der Waals surface area contributed by atoms with Crippen molar-refractivity contribution in [2.24, 2.45) is 11.7 Å². The van der Waals surface area contributed by atoms with Gasteiger partial charge in [0.05, 0.1) is 0 Å². The van der Waals surface area contributed by atoms with Gasteiger partial charge in [-0.3, -0.25) is 4.79 Å². The lowest BCUT2D eigenvalue weighted by Crippen LogP contribution is -2.23. The third kappa shape index (κ3) is 5.19. The Balaban J connectivity index is 2.23. The van der Waals surface area contributed by atoms with E-state index in [2.05, 4.69) is 29.9 Å². The number of nitrogens with one attached hydrogen (secondary N) is 1. The van der Waals surface area contributed by atoms with Crippen molar-refractivity contribution in [3.8, 4) is 0 Å². The van der Waals surface area contributed by atoms with Gasteiger partial charge in [0, 0.05) is 13.0 Å². The number of nitrogens with two attached hydrogens (primary N) is 1. The molecular formula is C14H24N2OS. The lowest BCUT2D eigenvalue weighted by atomic mass is 9.96. The van der Waals surface area contributed by atoms with Crippen molar-refractivity contribution in [1.82, 2.24) is 5.32 Å². The molecule has 1 atom stereocenters. The van der Waals surface area contributed by atoms with E-state index in [0.717, 1.165) is 19.3 Å². The van der Waals surface area contributed by atoms with Crippen molar-refractivity contribution < 1.29 is 4.79 Å². The average Bonchev–Trinajstić information content (AvgIpc) is 2.77. The minimum atomic E-state index is 0.149. The van der Waals surface area contributed by atoms with Gasteiger partial charge in [0.15, 0.2) is 0 Å². The summed E-state index contributed by atoms with van der Waals surface area (Å²) in [6, 6.07) is 0. The molecule has 0 radical (unpaired) electrons. The van der Waals surface area contributed by atoms with Crippen LogP contribution >= 0.6 is 11.3 Å². The van der Waals surface area contributed by atoms with E-state index in [1.165, 1.54) is 11.1 Å². The third-order valence-electron chi connectivity index (χ3n) is 3.37. The summed E-state index contributed by atoms with van der Waals surface area (Å²) >= 11 is 1.68. The van der Waals surface area contributed by atoms with Gasteiger partial charge >= 0.3 is 0 Å². The number of rotatable bonds is 8. The van der Waals surface area contributed by atoms with Gasteiger partial charge in [0.25, 0.3) is 0 Å². The number of carbonyl (C=O) groups excluding carboxylic acids is 1. The van der Waals surface area contributed by atoms with E-state index in [-0.39, 0.29) is 5.91 Å². The van der Waals surface area contributed by atoms with Crippen LogP contribution in [0.4, 0.5) is 0 Å². The minimum Gasteiger partial charge on any atom is -0.352 e. The molecule has 0 aliphatic carbocycles. The molecule has 1 amide bonds. The monoisotopic (exact) mass is 268 g/mol. The molecule has 0 aliphatic heterocycles. The van der Waals surface area contributed by atoms with E-state index < -0.39 is 0 Å². The topological polar surface area (TPSA) is 55.1 Å². The number of carbonyl (C=O) groups is 1. The molecule has 3 N–H and O–H groups in total. The second-order valence-corrected chi connectivity index (χ2v) is 5.49. The van der Waals surface area contributed by atoms with Crippen LogP contribution in [0, 0.1) is 12.8 Å². The second kappa shape index (κ2) is 8.27. The van der Waals surface area contributed by atoms with Gasteiger partial charge in [-0.2, -0.15) is 11.3 Å². The van der Waals surface area contributed by atoms with Gasteiger partial charge in [-0.25, -0.2) is 0 Å². The summed E-state index contributed by atoms with van der Waals surface area (Å²) in [5, 5.41) is 7.19. The van der Waals surface area contributed by atoms with Crippen LogP contribution in [0.1, 0.15) is 43.7 Å². The van der Waals surface area contributed by atoms with Crippen molar-refractivity contribution in [3.05, 3.63) is 21.9 Å². The van der Waals surface area contributed by atoms with Crippen LogP contribution in [-0.4, -0.2) is 12.5 Å². The zero-order valence-corrected chi connectivity index (χ0v) is 12.2. The maximum Gasteiger partial charge on any atom is 0.220 e. The lowest BCUT2D eigenvalue weighted by molar-refractivity contribution is -0.121. The van der Waals surface area contributed by atoms with Gasteiger partial charge in [-0.15, -0.1) is 0 Å². The zero-order chi connectivity index (χ0) is 13.4. The summed E-state index contributed by atoms with van der Waals surface area (Å²) < 4.78 is 0. The number of aryl methyl sites for hydroxylation is 1. The number of amides is 1. The van der Waals surface area contributed by atoms with E-state index in [4.69, 9.17) is 5.73 Å². The van der Waals surface area contributed by atoms with E-state index in [1.807, 2.05) is 0 Å². The van der Waals surface area contributed by atoms with Crippen LogP contribution in [0.25, 0.3) is 0 Å². The Bertz CT molecular complexity index is 362. The van der Waals surface area contributed by atoms with Crippen molar-refractivity contribution >= 4 is 17.2 Å². The predicted molar refractivity (Wildman–Crippen MR) is 77.6 cm³/mol. The Morgan fingerprint density at radius 3 is 2.78 bits per heavy atom. The highest BCUT2D eigenvalue weighted by Crippen LogP contribution is 2.15. The van der Waals surface area contributed by atoms with E-state index in [0.29, 0.717) is 25.4 Å². The molecule has 0 spiro atoms. The van der Waals surface area contributed by atoms with Gasteiger partial charge in [-0.1, -0.05) is 13.3 Å². The maximum atomic E-state index is 11.7. The SMILES string of the molecule is CCC(CCN)CCC(=O)NCc1cscc1C. The molecule has 0 saturated carbocycles. The Kier molecular flexibility index (Phi) is 6.98. The molecule has 1 aromatic heterocycles. The molecule has 3 nitrogen and oxygen atoms in total. The average molecular weight is 268 g/mol. The first kappa shape index (κ1) is 15.2. The first-order chi connectivity index (χ1) is 8.67. The predicted octanol–water partition coefficient (Wildman–Crippen LogP) is 2.83. The molecule has 18 heavy (non-hydrogen) atoms. The van der Waals surface area contributed by atoms with Crippen molar-refractivity contribution in [3.63, 3.8) is 0 Å². The highest BCUT2D eigenvalue weighted by atomic mass is 32.1. The quantitative estimate of drug-likeness (QED) is 0.761. The molecule has 102 valence electrons. The van der Waals surface area contributed by atoms with Crippen LogP contribution in [-0.2, 0) is 11.3 Å². The number of hydrogen-bond donors (Lipinski definition) is 2. The summed E-state index contributed by atoms with van der Waals surface area (Å²) in [4.78, 5) is 11.7. The van der Waals surface area contributed by atoms with Crippen molar-refractivity contribution in [2.45, 2.75) is 46.1 Å². The summed E-state index contributed by atoms with van der Waals surface area (Å²) in [6.07, 6.45) is 3.69. The van der Waals surface area contributed by atoms with Crippen LogP contribution < -0.4 is 11.1 Å². The van der Waals surface area contributed by atoms with Crippen molar-refractivity contribution in [1.29, 1.82) is 0 Å². The van der Waals surface area contributed by atoms with Crippen LogP contribution in [0.5, 0.6) is 0 Å². The summed E-state index contributed by atoms with van der Waals surface area (Å²) in [5.74, 6) is 0.736. The van der Waals surface area contributed by atoms with E-state index >= 15 is 0 Å². The third-order valence-corrected chi connectivity index (χ3v) is 4.28. The molecule has 1 rings (SSSR count). The zero-order valence-electron chi connectivity index (χ0n) is 11.4. The fraction of sp³-hybridized carbons (Fsp3) is 0.643. The Morgan fingerprint density at radius 2 is 2.22 bits per heavy atom. The highest BCUT2D eigenvalue weighted by molar-refractivity contribution is 7.08. The number of thiophene rings is 1. The second-order valence-electron chi connectivity index (χ2n) is 4.75. The lowest BCUT2D eigenvalue weighted by Gasteiger charge is -2.13. The minimum absolute atomic E-state index is 0.149. The molecule has 1 heterocycles. The van der Waals surface area contributed by atoms with Gasteiger partial charge in [-0.05, 0) is 54.1 Å². The normalized spacial score (nSPS) is 12.4. The molecule has 0 bridgehead atoms. The summed E-state index contributed by atoms with van der Waals surface area (Å²) in [7, 11) is 0. The molecule has 0 aromatic carbocycles. The standard InChI is InChI=1S/C14H24N2OS/c1-3-12(6-7-15)4-5-14(17)16-8-13-10-18-9-11(13)2/h9-10,12H,3-8,15H2,1-2H3,(H,16,17). The molecule has 0 aliphatic rings. The Labute approximate surface area is 114 Å². The molecular weight excluding hydrogens is 244 g/mol. The Hall–Kier alpha value is -0.870. The van der Waals surface area contributed by atoms with Crippen LogP contribution in [0.3, 0.4) is 0 Å². The number of hydrogen-bond acceptors (Lipinski definition) is 3. The van der Waals surface area contributed by atoms with E-state index in [9.17, 15) is 4.79 Å². The first-order valence-electron chi connectivity index (χ1n) is 6.65. The van der Waals surface area contributed by atoms with Crippen LogP contribution in [0.2, 0.25) is 0 Å². The first-order valence-corrected chi connectivity index (χ1v) is 7.60. The maximum absolute atomic E-state index is 11.7. The fourth-order valence-corrected chi connectivity index (χ4v) is 2.83. The van der Waals surface area contributed by atoms with Gasteiger partial charge in [0.1, 0.15) is 0 Å². The molecule has 0 fully saturated rings. The summed E-state index contributed by atoms with van der Waals surface area (Å²) in [5.41, 5.74) is 8.03. The smallest absolute Gasteiger partial charge is 0.220 e.